The van der Waals surface area contributed by atoms with E-state index in [0.717, 1.165) is 12.8 Å². The lowest BCUT2D eigenvalue weighted by molar-refractivity contribution is -0.136. The van der Waals surface area contributed by atoms with E-state index in [1.807, 2.05) is 0 Å². The quantitative estimate of drug-likeness (QED) is 0.795. The Labute approximate surface area is 92.5 Å². The number of rotatable bonds is 4. The van der Waals surface area contributed by atoms with Gasteiger partial charge in [-0.15, -0.1) is 0 Å². The Balaban J connectivity index is 1.95. The highest BCUT2D eigenvalue weighted by Crippen LogP contribution is 2.30. The van der Waals surface area contributed by atoms with E-state index in [-0.39, 0.29) is 18.2 Å². The molecule has 5 heteroatoms. The summed E-state index contributed by atoms with van der Waals surface area (Å²) >= 11 is 0. The van der Waals surface area contributed by atoms with Crippen LogP contribution in [-0.4, -0.2) is 22.0 Å². The van der Waals surface area contributed by atoms with Crippen molar-refractivity contribution in [2.75, 3.05) is 5.32 Å². The molecule has 1 aromatic heterocycles. The molecule has 16 heavy (non-hydrogen) atoms. The van der Waals surface area contributed by atoms with Crippen molar-refractivity contribution in [2.24, 2.45) is 5.92 Å². The van der Waals surface area contributed by atoms with Crippen molar-refractivity contribution in [1.82, 2.24) is 4.98 Å². The number of anilines is 1. The molecule has 0 atom stereocenters. The maximum absolute atomic E-state index is 11.4. The topological polar surface area (TPSA) is 79.3 Å². The van der Waals surface area contributed by atoms with E-state index in [1.54, 1.807) is 12.1 Å². The highest BCUT2D eigenvalue weighted by atomic mass is 16.4. The lowest BCUT2D eigenvalue weighted by Gasteiger charge is -2.03. The second kappa shape index (κ2) is 4.30. The van der Waals surface area contributed by atoms with Crippen molar-refractivity contribution in [3.05, 3.63) is 24.0 Å². The number of aliphatic carboxylic acids is 1. The van der Waals surface area contributed by atoms with Crippen LogP contribution >= 0.6 is 0 Å². The number of carbonyl (C=O) groups is 2. The summed E-state index contributed by atoms with van der Waals surface area (Å²) in [5.74, 6) is -0.742. The van der Waals surface area contributed by atoms with Crippen LogP contribution in [0.2, 0.25) is 0 Å². The van der Waals surface area contributed by atoms with E-state index >= 15 is 0 Å². The number of nitrogens with one attached hydrogen (secondary N) is 1. The molecule has 1 fully saturated rings. The van der Waals surface area contributed by atoms with Gasteiger partial charge in [0.05, 0.1) is 24.0 Å². The Kier molecular flexibility index (Phi) is 2.85. The second-order valence-electron chi connectivity index (χ2n) is 3.87. The molecule has 0 saturated heterocycles. The Morgan fingerprint density at radius 2 is 2.19 bits per heavy atom. The molecule has 0 aliphatic heterocycles. The van der Waals surface area contributed by atoms with Crippen LogP contribution in [0.3, 0.4) is 0 Å². The number of hydrogen-bond acceptors (Lipinski definition) is 3. The molecule has 1 saturated carbocycles. The maximum Gasteiger partial charge on any atom is 0.309 e. The number of carbonyl (C=O) groups excluding carboxylic acids is 1. The third-order valence-corrected chi connectivity index (χ3v) is 2.37. The summed E-state index contributed by atoms with van der Waals surface area (Å²) in [5.41, 5.74) is 1.10. The van der Waals surface area contributed by atoms with Crippen molar-refractivity contribution >= 4 is 17.6 Å². The molecule has 1 heterocycles. The summed E-state index contributed by atoms with van der Waals surface area (Å²) in [4.78, 5) is 25.8. The molecule has 2 rings (SSSR count). The summed E-state index contributed by atoms with van der Waals surface area (Å²) < 4.78 is 0. The number of aromatic nitrogens is 1. The van der Waals surface area contributed by atoms with Gasteiger partial charge in [0.15, 0.2) is 0 Å². The van der Waals surface area contributed by atoms with Crippen molar-refractivity contribution in [3.63, 3.8) is 0 Å². The number of hydrogen-bond donors (Lipinski definition) is 2. The van der Waals surface area contributed by atoms with Crippen LogP contribution in [0.5, 0.6) is 0 Å². The number of amides is 1. The molecule has 5 nitrogen and oxygen atoms in total. The highest BCUT2D eigenvalue weighted by Gasteiger charge is 2.29. The third kappa shape index (κ3) is 2.79. The van der Waals surface area contributed by atoms with Crippen LogP contribution in [-0.2, 0) is 16.0 Å². The molecular formula is C11H12N2O3. The standard InChI is InChI=1S/C11H12N2O3/c14-10(15)5-8-3-4-9(6-12-8)13-11(16)7-1-2-7/h3-4,6-7H,1-2,5H2,(H,13,16)(H,14,15). The van der Waals surface area contributed by atoms with Crippen LogP contribution < -0.4 is 5.32 Å². The predicted molar refractivity (Wildman–Crippen MR) is 56.9 cm³/mol. The first kappa shape index (κ1) is 10.6. The Hall–Kier alpha value is -1.91. The van der Waals surface area contributed by atoms with Crippen molar-refractivity contribution in [3.8, 4) is 0 Å². The SMILES string of the molecule is O=C(O)Cc1ccc(NC(=O)C2CC2)cn1. The van der Waals surface area contributed by atoms with Gasteiger partial charge in [-0.05, 0) is 25.0 Å². The minimum Gasteiger partial charge on any atom is -0.481 e. The number of nitrogens with zero attached hydrogens (tertiary/aromatic N) is 1. The molecule has 1 aliphatic rings. The molecule has 0 bridgehead atoms. The average molecular weight is 220 g/mol. The largest absolute Gasteiger partial charge is 0.481 e. The molecule has 1 aromatic rings. The summed E-state index contributed by atoms with van der Waals surface area (Å²) in [6.45, 7) is 0. The fourth-order valence-corrected chi connectivity index (χ4v) is 1.35. The van der Waals surface area contributed by atoms with Crippen LogP contribution in [0.1, 0.15) is 18.5 Å². The van der Waals surface area contributed by atoms with Gasteiger partial charge in [0.25, 0.3) is 0 Å². The van der Waals surface area contributed by atoms with Crippen LogP contribution in [0.25, 0.3) is 0 Å². The first-order valence-electron chi connectivity index (χ1n) is 5.13. The Morgan fingerprint density at radius 3 is 2.69 bits per heavy atom. The molecule has 0 radical (unpaired) electrons. The summed E-state index contributed by atoms with van der Waals surface area (Å²) in [5, 5.41) is 11.3. The van der Waals surface area contributed by atoms with Crippen LogP contribution in [0.15, 0.2) is 18.3 Å². The normalized spacial score (nSPS) is 14.5. The van der Waals surface area contributed by atoms with Gasteiger partial charge in [0.2, 0.25) is 5.91 Å². The first-order chi connectivity index (χ1) is 7.65. The van der Waals surface area contributed by atoms with Gasteiger partial charge in [0, 0.05) is 5.92 Å². The molecule has 0 unspecified atom stereocenters. The maximum atomic E-state index is 11.4. The van der Waals surface area contributed by atoms with E-state index < -0.39 is 5.97 Å². The van der Waals surface area contributed by atoms with E-state index in [0.29, 0.717) is 11.4 Å². The number of carboxylic acid groups (broad SMARTS) is 1. The van der Waals surface area contributed by atoms with Gasteiger partial charge >= 0.3 is 5.97 Å². The molecule has 2 N–H and O–H groups in total. The summed E-state index contributed by atoms with van der Waals surface area (Å²) in [7, 11) is 0. The van der Waals surface area contributed by atoms with Gasteiger partial charge in [-0.1, -0.05) is 0 Å². The fourth-order valence-electron chi connectivity index (χ4n) is 1.35. The van der Waals surface area contributed by atoms with Crippen molar-refractivity contribution in [2.45, 2.75) is 19.3 Å². The molecule has 0 spiro atoms. The fraction of sp³-hybridized carbons (Fsp3) is 0.364. The minimum atomic E-state index is -0.915. The van der Waals surface area contributed by atoms with Crippen LogP contribution in [0.4, 0.5) is 5.69 Å². The zero-order chi connectivity index (χ0) is 11.5. The smallest absolute Gasteiger partial charge is 0.309 e. The summed E-state index contributed by atoms with van der Waals surface area (Å²) in [6.07, 6.45) is 3.29. The van der Waals surface area contributed by atoms with Gasteiger partial charge in [-0.25, -0.2) is 0 Å². The Bertz CT molecular complexity index is 410. The molecular weight excluding hydrogens is 208 g/mol. The molecule has 0 aromatic carbocycles. The lowest BCUT2D eigenvalue weighted by Crippen LogP contribution is -2.13. The van der Waals surface area contributed by atoms with E-state index in [4.69, 9.17) is 5.11 Å². The van der Waals surface area contributed by atoms with Gasteiger partial charge in [-0.3, -0.25) is 14.6 Å². The van der Waals surface area contributed by atoms with Crippen molar-refractivity contribution in [1.29, 1.82) is 0 Å². The van der Waals surface area contributed by atoms with Crippen molar-refractivity contribution < 1.29 is 14.7 Å². The molecule has 1 aliphatic carbocycles. The summed E-state index contributed by atoms with van der Waals surface area (Å²) in [6, 6.07) is 3.28. The average Bonchev–Trinajstić information content (AvgIpc) is 3.03. The third-order valence-electron chi connectivity index (χ3n) is 2.37. The lowest BCUT2D eigenvalue weighted by atomic mass is 10.2. The number of pyridine rings is 1. The first-order valence-corrected chi connectivity index (χ1v) is 5.13. The highest BCUT2D eigenvalue weighted by molar-refractivity contribution is 5.93. The zero-order valence-corrected chi connectivity index (χ0v) is 8.64. The van der Waals surface area contributed by atoms with E-state index in [2.05, 4.69) is 10.3 Å². The number of carboxylic acids is 1. The molecule has 84 valence electrons. The minimum absolute atomic E-state index is 0.0211. The van der Waals surface area contributed by atoms with E-state index in [1.165, 1.54) is 6.20 Å². The second-order valence-corrected chi connectivity index (χ2v) is 3.87. The van der Waals surface area contributed by atoms with Gasteiger partial charge < -0.3 is 10.4 Å². The van der Waals surface area contributed by atoms with Gasteiger partial charge in [0.1, 0.15) is 0 Å². The molecule has 1 amide bonds. The van der Waals surface area contributed by atoms with Crippen LogP contribution in [0, 0.1) is 5.92 Å². The van der Waals surface area contributed by atoms with E-state index in [9.17, 15) is 9.59 Å². The zero-order valence-electron chi connectivity index (χ0n) is 8.64. The predicted octanol–water partition coefficient (Wildman–Crippen LogP) is 1.06. The van der Waals surface area contributed by atoms with Gasteiger partial charge in [-0.2, -0.15) is 0 Å². The Morgan fingerprint density at radius 1 is 1.44 bits per heavy atom. The monoisotopic (exact) mass is 220 g/mol.